The van der Waals surface area contributed by atoms with Crippen LogP contribution < -0.4 is 14.8 Å². The van der Waals surface area contributed by atoms with E-state index >= 15 is 0 Å². The average Bonchev–Trinajstić information content (AvgIpc) is 2.94. The smallest absolute Gasteiger partial charge is 0.257 e. The average molecular weight is 381 g/mol. The summed E-state index contributed by atoms with van der Waals surface area (Å²) in [4.78, 5) is 18.5. The number of anilines is 1. The molecule has 3 rings (SSSR count). The molecule has 1 aromatic heterocycles. The van der Waals surface area contributed by atoms with Crippen molar-refractivity contribution in [3.8, 4) is 11.5 Å². The van der Waals surface area contributed by atoms with Crippen LogP contribution in [0.2, 0.25) is 5.02 Å². The molecule has 0 unspecified atom stereocenters. The highest BCUT2D eigenvalue weighted by Crippen LogP contribution is 2.36. The molecule has 0 saturated heterocycles. The van der Waals surface area contributed by atoms with Gasteiger partial charge in [-0.25, -0.2) is 4.98 Å². The number of methoxy groups -OCH3 is 2. The third kappa shape index (κ3) is 4.07. The predicted molar refractivity (Wildman–Crippen MR) is 100 cm³/mol. The minimum Gasteiger partial charge on any atom is -0.493 e. The number of aryl methyl sites for hydroxylation is 2. The molecule has 0 spiro atoms. The summed E-state index contributed by atoms with van der Waals surface area (Å²) in [6.07, 6.45) is 6.91. The zero-order chi connectivity index (χ0) is 17.8. The van der Waals surface area contributed by atoms with Gasteiger partial charge in [-0.1, -0.05) is 24.4 Å². The number of ether oxygens (including phenoxy) is 2. The fourth-order valence-electron chi connectivity index (χ4n) is 2.98. The van der Waals surface area contributed by atoms with Crippen LogP contribution in [0.3, 0.4) is 0 Å². The van der Waals surface area contributed by atoms with Gasteiger partial charge in [0.15, 0.2) is 16.6 Å². The zero-order valence-corrected chi connectivity index (χ0v) is 15.9. The number of hydrogen-bond donors (Lipinski definition) is 1. The van der Waals surface area contributed by atoms with E-state index in [-0.39, 0.29) is 5.91 Å². The lowest BCUT2D eigenvalue weighted by Crippen LogP contribution is -2.12. The molecular formula is C18H21ClN2O3S. The van der Waals surface area contributed by atoms with Crippen molar-refractivity contribution in [3.63, 3.8) is 0 Å². The highest BCUT2D eigenvalue weighted by atomic mass is 35.5. The van der Waals surface area contributed by atoms with Gasteiger partial charge in [-0.3, -0.25) is 10.1 Å². The third-order valence-corrected chi connectivity index (χ3v) is 5.62. The highest BCUT2D eigenvalue weighted by molar-refractivity contribution is 7.15. The number of fused-ring (bicyclic) bond motifs is 1. The maximum absolute atomic E-state index is 12.6. The molecule has 25 heavy (non-hydrogen) atoms. The molecule has 1 aliphatic rings. The van der Waals surface area contributed by atoms with Crippen molar-refractivity contribution < 1.29 is 14.3 Å². The van der Waals surface area contributed by atoms with Gasteiger partial charge in [0.1, 0.15) is 0 Å². The Balaban J connectivity index is 1.80. The number of rotatable bonds is 4. The van der Waals surface area contributed by atoms with E-state index in [1.54, 1.807) is 23.5 Å². The van der Waals surface area contributed by atoms with E-state index in [2.05, 4.69) is 10.3 Å². The Kier molecular flexibility index (Phi) is 5.81. The number of benzene rings is 1. The Bertz CT molecular complexity index is 750. The molecule has 1 N–H and O–H groups in total. The van der Waals surface area contributed by atoms with E-state index in [9.17, 15) is 4.79 Å². The lowest BCUT2D eigenvalue weighted by molar-refractivity contribution is 0.102. The largest absolute Gasteiger partial charge is 0.493 e. The molecule has 5 nitrogen and oxygen atoms in total. The first-order valence-electron chi connectivity index (χ1n) is 8.34. The standard InChI is InChI=1S/C18H21ClN2O3S/c1-23-14-10-11(9-12(19)16(14)24-2)17(22)21-18-20-13-7-5-3-4-6-8-15(13)25-18/h9-10H,3-8H2,1-2H3,(H,20,21,22). The number of carbonyl (C=O) groups excluding carboxylic acids is 1. The SMILES string of the molecule is COc1cc(C(=O)Nc2nc3c(s2)CCCCCC3)cc(Cl)c1OC. The van der Waals surface area contributed by atoms with Gasteiger partial charge in [-0.05, 0) is 37.8 Å². The van der Waals surface area contributed by atoms with Gasteiger partial charge in [0.05, 0.1) is 24.9 Å². The van der Waals surface area contributed by atoms with Crippen LogP contribution in [0.5, 0.6) is 11.5 Å². The summed E-state index contributed by atoms with van der Waals surface area (Å²) in [7, 11) is 3.02. The summed E-state index contributed by atoms with van der Waals surface area (Å²) < 4.78 is 10.4. The fraction of sp³-hybridized carbons (Fsp3) is 0.444. The summed E-state index contributed by atoms with van der Waals surface area (Å²) in [5.41, 5.74) is 1.54. The molecule has 1 aromatic carbocycles. The molecule has 0 aliphatic heterocycles. The number of halogens is 1. The van der Waals surface area contributed by atoms with Crippen LogP contribution in [0.15, 0.2) is 12.1 Å². The Hall–Kier alpha value is -1.79. The predicted octanol–water partition coefficient (Wildman–Crippen LogP) is 4.73. The number of nitrogens with zero attached hydrogens (tertiary/aromatic N) is 1. The lowest BCUT2D eigenvalue weighted by Gasteiger charge is -2.11. The summed E-state index contributed by atoms with van der Waals surface area (Å²) in [6, 6.07) is 3.19. The van der Waals surface area contributed by atoms with Crippen LogP contribution in [0.4, 0.5) is 5.13 Å². The molecular weight excluding hydrogens is 360 g/mol. The van der Waals surface area contributed by atoms with Gasteiger partial charge in [0.25, 0.3) is 5.91 Å². The van der Waals surface area contributed by atoms with Gasteiger partial charge in [0, 0.05) is 10.4 Å². The molecule has 134 valence electrons. The molecule has 7 heteroatoms. The summed E-state index contributed by atoms with van der Waals surface area (Å²) >= 11 is 7.75. The monoisotopic (exact) mass is 380 g/mol. The second-order valence-electron chi connectivity index (χ2n) is 5.95. The number of nitrogens with one attached hydrogen (secondary N) is 1. The van der Waals surface area contributed by atoms with E-state index < -0.39 is 0 Å². The summed E-state index contributed by atoms with van der Waals surface area (Å²) in [5, 5.41) is 3.86. The van der Waals surface area contributed by atoms with Gasteiger partial charge in [-0.2, -0.15) is 0 Å². The Morgan fingerprint density at radius 2 is 1.92 bits per heavy atom. The maximum atomic E-state index is 12.6. The van der Waals surface area contributed by atoms with Crippen molar-refractivity contribution in [2.24, 2.45) is 0 Å². The first-order chi connectivity index (χ1) is 12.1. The van der Waals surface area contributed by atoms with Crippen LogP contribution >= 0.6 is 22.9 Å². The number of carbonyl (C=O) groups is 1. The second-order valence-corrected chi connectivity index (χ2v) is 7.44. The highest BCUT2D eigenvalue weighted by Gasteiger charge is 2.18. The number of hydrogen-bond acceptors (Lipinski definition) is 5. The van der Waals surface area contributed by atoms with Crippen LogP contribution in [-0.4, -0.2) is 25.1 Å². The number of thiazole rings is 1. The van der Waals surface area contributed by atoms with E-state index in [0.717, 1.165) is 25.0 Å². The summed E-state index contributed by atoms with van der Waals surface area (Å²) in [5.74, 6) is 0.578. The molecule has 1 heterocycles. The topological polar surface area (TPSA) is 60.5 Å². The van der Waals surface area contributed by atoms with Crippen molar-refractivity contribution in [2.45, 2.75) is 38.5 Å². The minimum atomic E-state index is -0.260. The number of aromatic nitrogens is 1. The molecule has 1 amide bonds. The first-order valence-corrected chi connectivity index (χ1v) is 9.53. The second kappa shape index (κ2) is 8.06. The lowest BCUT2D eigenvalue weighted by atomic mass is 10.0. The Morgan fingerprint density at radius 3 is 2.64 bits per heavy atom. The van der Waals surface area contributed by atoms with Crippen molar-refractivity contribution in [3.05, 3.63) is 33.3 Å². The van der Waals surface area contributed by atoms with Gasteiger partial charge >= 0.3 is 0 Å². The molecule has 2 aromatic rings. The first kappa shape index (κ1) is 18.0. The summed E-state index contributed by atoms with van der Waals surface area (Å²) in [6.45, 7) is 0. The van der Waals surface area contributed by atoms with E-state index in [1.807, 2.05) is 0 Å². The molecule has 0 fully saturated rings. The normalized spacial score (nSPS) is 14.2. The molecule has 0 saturated carbocycles. The number of amides is 1. The van der Waals surface area contributed by atoms with Crippen molar-refractivity contribution in [2.75, 3.05) is 19.5 Å². The third-order valence-electron chi connectivity index (χ3n) is 4.26. The van der Waals surface area contributed by atoms with Crippen LogP contribution in [0, 0.1) is 0 Å². The molecule has 0 radical (unpaired) electrons. The van der Waals surface area contributed by atoms with E-state index in [4.69, 9.17) is 21.1 Å². The van der Waals surface area contributed by atoms with E-state index in [1.165, 1.54) is 38.4 Å². The van der Waals surface area contributed by atoms with Crippen LogP contribution in [0.1, 0.15) is 46.6 Å². The molecule has 0 atom stereocenters. The van der Waals surface area contributed by atoms with Crippen molar-refractivity contribution in [1.82, 2.24) is 4.98 Å². The fourth-order valence-corrected chi connectivity index (χ4v) is 4.31. The van der Waals surface area contributed by atoms with Gasteiger partial charge in [0.2, 0.25) is 0 Å². The van der Waals surface area contributed by atoms with Gasteiger partial charge < -0.3 is 9.47 Å². The van der Waals surface area contributed by atoms with Crippen molar-refractivity contribution in [1.29, 1.82) is 0 Å². The van der Waals surface area contributed by atoms with Crippen LogP contribution in [-0.2, 0) is 12.8 Å². The van der Waals surface area contributed by atoms with Crippen LogP contribution in [0.25, 0.3) is 0 Å². The van der Waals surface area contributed by atoms with Crippen molar-refractivity contribution >= 4 is 34.0 Å². The maximum Gasteiger partial charge on any atom is 0.257 e. The Morgan fingerprint density at radius 1 is 1.16 bits per heavy atom. The Labute approximate surface area is 156 Å². The van der Waals surface area contributed by atoms with Gasteiger partial charge in [-0.15, -0.1) is 11.3 Å². The van der Waals surface area contributed by atoms with E-state index in [0.29, 0.717) is 27.2 Å². The minimum absolute atomic E-state index is 0.260. The zero-order valence-electron chi connectivity index (χ0n) is 14.4. The quantitative estimate of drug-likeness (QED) is 0.833. The molecule has 0 bridgehead atoms. The molecule has 1 aliphatic carbocycles.